The van der Waals surface area contributed by atoms with Crippen LogP contribution in [0.15, 0.2) is 53.5 Å². The van der Waals surface area contributed by atoms with Crippen LogP contribution in [-0.4, -0.2) is 16.2 Å². The topological polar surface area (TPSA) is 54.3 Å². The van der Waals surface area contributed by atoms with Crippen LogP contribution in [0.1, 0.15) is 17.2 Å². The molecule has 0 fully saturated rings. The Hall–Kier alpha value is -1.41. The van der Waals surface area contributed by atoms with Gasteiger partial charge in [-0.3, -0.25) is 0 Å². The van der Waals surface area contributed by atoms with E-state index in [9.17, 15) is 9.90 Å². The van der Waals surface area contributed by atoms with Crippen molar-refractivity contribution in [2.24, 2.45) is 0 Å². The summed E-state index contributed by atoms with van der Waals surface area (Å²) in [6, 6.07) is 13.2. The molecule has 1 aromatic heterocycles. The summed E-state index contributed by atoms with van der Waals surface area (Å²) < 4.78 is 1.74. The van der Waals surface area contributed by atoms with Crippen LogP contribution in [-0.2, 0) is 13.0 Å². The first-order chi connectivity index (χ1) is 10.7. The largest absolute Gasteiger partial charge is 0.508 e. The minimum absolute atomic E-state index is 0. The average Bonchev–Trinajstić information content (AvgIpc) is 2.84. The third-order valence-corrected chi connectivity index (χ3v) is 4.43. The van der Waals surface area contributed by atoms with E-state index in [4.69, 9.17) is 0 Å². The van der Waals surface area contributed by atoms with Crippen LogP contribution in [0.4, 0.5) is 0 Å². The molecule has 0 spiro atoms. The van der Waals surface area contributed by atoms with Crippen molar-refractivity contribution in [1.29, 1.82) is 0 Å². The molecule has 2 heterocycles. The Bertz CT molecular complexity index is 897. The van der Waals surface area contributed by atoms with Gasteiger partial charge in [0.25, 0.3) is 0 Å². The second-order valence-corrected chi connectivity index (χ2v) is 5.78. The Morgan fingerprint density at radius 1 is 1.22 bits per heavy atom. The summed E-state index contributed by atoms with van der Waals surface area (Å²) in [5.74, 6) is 0.305. The number of hydrogen-bond donors (Lipinski definition) is 2. The molecule has 0 amide bonds. The maximum Gasteiger partial charge on any atom is 0.140 e. The smallest absolute Gasteiger partial charge is 0.140 e. The number of nitrogens with one attached hydrogen (secondary N) is 1. The zero-order chi connectivity index (χ0) is 15.1. The Balaban J connectivity index is 0.00000156. The van der Waals surface area contributed by atoms with E-state index in [-0.39, 0.29) is 42.7 Å². The summed E-state index contributed by atoms with van der Waals surface area (Å²) in [4.78, 5) is 12.5. The number of benzene rings is 2. The van der Waals surface area contributed by atoms with Crippen LogP contribution >= 0.6 is 0 Å². The van der Waals surface area contributed by atoms with E-state index < -0.39 is 0 Å². The molecule has 2 aromatic carbocycles. The molecule has 5 heteroatoms. The van der Waals surface area contributed by atoms with Gasteiger partial charge in [-0.1, -0.05) is 29.8 Å². The predicted octanol–water partition coefficient (Wildman–Crippen LogP) is 2.31. The maximum atomic E-state index is 12.5. The van der Waals surface area contributed by atoms with Crippen molar-refractivity contribution in [3.63, 3.8) is 0 Å². The first-order valence-electron chi connectivity index (χ1n) is 7.53. The molecule has 0 unspecified atom stereocenters. The summed E-state index contributed by atoms with van der Waals surface area (Å²) >= 11 is 0. The van der Waals surface area contributed by atoms with Crippen LogP contribution in [0.5, 0.6) is 5.75 Å². The monoisotopic (exact) mass is 531 g/mol. The molecule has 1 aliphatic heterocycles. The molecule has 4 rings (SSSR count). The molecule has 23 heavy (non-hydrogen) atoms. The molecule has 3 aromatic rings. The second-order valence-electron chi connectivity index (χ2n) is 5.78. The van der Waals surface area contributed by atoms with Crippen molar-refractivity contribution in [3.05, 3.63) is 70.1 Å². The van der Waals surface area contributed by atoms with Gasteiger partial charge in [0, 0.05) is 43.2 Å². The molecule has 116 valence electrons. The quantitative estimate of drug-likeness (QED) is 0.500. The van der Waals surface area contributed by atoms with Crippen LogP contribution in [0.2, 0.25) is 0 Å². The van der Waals surface area contributed by atoms with E-state index in [0.717, 1.165) is 34.9 Å². The van der Waals surface area contributed by atoms with Gasteiger partial charge < -0.3 is 19.8 Å². The van der Waals surface area contributed by atoms with Gasteiger partial charge in [-0.05, 0) is 24.6 Å². The molecule has 4 nitrogen and oxygen atoms in total. The average molecular weight is 531 g/mol. The van der Waals surface area contributed by atoms with Crippen molar-refractivity contribution >= 4 is 10.8 Å². The van der Waals surface area contributed by atoms with Gasteiger partial charge in [0.1, 0.15) is 11.3 Å². The van der Waals surface area contributed by atoms with E-state index in [0.29, 0.717) is 12.3 Å². The van der Waals surface area contributed by atoms with Crippen LogP contribution in [0, 0.1) is 31.1 Å². The zero-order valence-electron chi connectivity index (χ0n) is 12.6. The number of phenolic OH excluding ortho intramolecular Hbond substituents is 1. The molecule has 1 aliphatic rings. The minimum atomic E-state index is -0.0422. The fourth-order valence-electron chi connectivity index (χ4n) is 3.38. The summed E-state index contributed by atoms with van der Waals surface area (Å²) in [5, 5.41) is 15.3. The third kappa shape index (κ3) is 2.89. The van der Waals surface area contributed by atoms with Crippen molar-refractivity contribution in [3.8, 4) is 5.75 Å². The number of fused-ring (bicyclic) bond motifs is 2. The SMILES string of the molecule is O=c1c2ccccc2[cH-]n1C[C@H]1NCCc2cccc(O)c21.[U]. The Morgan fingerprint density at radius 2 is 2.04 bits per heavy atom. The molecule has 0 saturated heterocycles. The molecular formula is C18H17N2O2U-. The van der Waals surface area contributed by atoms with Gasteiger partial charge in [-0.2, -0.15) is 0 Å². The summed E-state index contributed by atoms with van der Waals surface area (Å²) in [6.45, 7) is 1.38. The number of rotatable bonds is 2. The number of phenols is 1. The van der Waals surface area contributed by atoms with Crippen molar-refractivity contribution in [2.75, 3.05) is 6.54 Å². The standard InChI is InChI=1S/C18H17N2O2.U/c21-16-7-3-5-12-8-9-19-15(17(12)16)11-20-10-13-4-1-2-6-14(13)18(20)22;/h1-7,10,15,19,21H,8-9,11H2;/q-1;/t15-;/m1./s1. The summed E-state index contributed by atoms with van der Waals surface area (Å²) in [5.41, 5.74) is 2.11. The van der Waals surface area contributed by atoms with Crippen LogP contribution < -0.4 is 10.9 Å². The molecule has 0 aliphatic carbocycles. The van der Waals surface area contributed by atoms with Gasteiger partial charge in [-0.15, -0.1) is 23.6 Å². The first kappa shape index (κ1) is 16.4. The Kier molecular flexibility index (Phi) is 4.72. The summed E-state index contributed by atoms with van der Waals surface area (Å²) in [7, 11) is 0. The molecule has 0 saturated carbocycles. The molecular weight excluding hydrogens is 514 g/mol. The molecule has 0 bridgehead atoms. The first-order valence-corrected chi connectivity index (χ1v) is 7.53. The molecule has 1 atom stereocenters. The Labute approximate surface area is 157 Å². The zero-order valence-corrected chi connectivity index (χ0v) is 16.8. The summed E-state index contributed by atoms with van der Waals surface area (Å²) in [6.07, 6.45) is 2.80. The fraction of sp³-hybridized carbons (Fsp3) is 0.222. The van der Waals surface area contributed by atoms with Gasteiger partial charge in [0.05, 0.1) is 6.04 Å². The number of aromatic nitrogens is 1. The van der Waals surface area contributed by atoms with E-state index in [1.807, 2.05) is 42.6 Å². The van der Waals surface area contributed by atoms with Gasteiger partial charge in [-0.25, -0.2) is 0 Å². The van der Waals surface area contributed by atoms with Crippen molar-refractivity contribution in [2.45, 2.75) is 19.0 Å². The van der Waals surface area contributed by atoms with Crippen LogP contribution in [0.3, 0.4) is 0 Å². The predicted molar refractivity (Wildman–Crippen MR) is 86.4 cm³/mol. The van der Waals surface area contributed by atoms with Gasteiger partial charge in [0.2, 0.25) is 0 Å². The number of aromatic hydroxyl groups is 1. The molecule has 2 N–H and O–H groups in total. The number of hydrogen-bond acceptors (Lipinski definition) is 3. The van der Waals surface area contributed by atoms with E-state index >= 15 is 0 Å². The van der Waals surface area contributed by atoms with E-state index in [2.05, 4.69) is 5.32 Å². The Morgan fingerprint density at radius 3 is 2.87 bits per heavy atom. The maximum absolute atomic E-state index is 12.5. The van der Waals surface area contributed by atoms with Gasteiger partial charge in [0.15, 0.2) is 0 Å². The van der Waals surface area contributed by atoms with E-state index in [1.54, 1.807) is 10.6 Å². The van der Waals surface area contributed by atoms with Crippen molar-refractivity contribution < 1.29 is 36.2 Å². The van der Waals surface area contributed by atoms with Gasteiger partial charge >= 0.3 is 0 Å². The fourth-order valence-corrected chi connectivity index (χ4v) is 3.38. The minimum Gasteiger partial charge on any atom is -0.508 e. The molecule has 0 radical (unpaired) electrons. The van der Waals surface area contributed by atoms with Crippen LogP contribution in [0.25, 0.3) is 10.8 Å². The van der Waals surface area contributed by atoms with Crippen molar-refractivity contribution in [1.82, 2.24) is 9.88 Å². The van der Waals surface area contributed by atoms with E-state index in [1.165, 1.54) is 0 Å². The second kappa shape index (κ2) is 6.61. The normalized spacial score (nSPS) is 16.8. The number of nitrogens with zero attached hydrogens (tertiary/aromatic N) is 1. The third-order valence-electron chi connectivity index (χ3n) is 4.43.